The van der Waals surface area contributed by atoms with E-state index in [0.29, 0.717) is 5.56 Å². The molecule has 0 atom stereocenters. The van der Waals surface area contributed by atoms with Gasteiger partial charge < -0.3 is 9.30 Å². The number of halogens is 1. The molecule has 0 fully saturated rings. The molecule has 2 amide bonds. The molecular formula is C16H16FN3O4. The summed E-state index contributed by atoms with van der Waals surface area (Å²) in [5, 5.41) is 0. The number of aromatic nitrogens is 1. The quantitative estimate of drug-likeness (QED) is 0.777. The summed E-state index contributed by atoms with van der Waals surface area (Å²) in [6.45, 7) is -0.0276. The van der Waals surface area contributed by atoms with E-state index < -0.39 is 17.4 Å². The van der Waals surface area contributed by atoms with E-state index in [1.165, 1.54) is 42.1 Å². The van der Waals surface area contributed by atoms with E-state index in [1.54, 1.807) is 12.1 Å². The number of hydrogen-bond donors (Lipinski definition) is 2. The van der Waals surface area contributed by atoms with Crippen LogP contribution in [0.2, 0.25) is 0 Å². The second-order valence-electron chi connectivity index (χ2n) is 4.92. The zero-order valence-corrected chi connectivity index (χ0v) is 12.9. The molecule has 0 aliphatic heterocycles. The van der Waals surface area contributed by atoms with Crippen molar-refractivity contribution in [2.24, 2.45) is 0 Å². The van der Waals surface area contributed by atoms with Crippen LogP contribution in [0.5, 0.6) is 0 Å². The van der Waals surface area contributed by atoms with Crippen molar-refractivity contribution in [3.8, 4) is 0 Å². The lowest BCUT2D eigenvalue weighted by Gasteiger charge is -2.09. The highest BCUT2D eigenvalue weighted by molar-refractivity contribution is 5.95. The van der Waals surface area contributed by atoms with Gasteiger partial charge in [-0.3, -0.25) is 25.2 Å². The van der Waals surface area contributed by atoms with Crippen molar-refractivity contribution in [1.29, 1.82) is 0 Å². The van der Waals surface area contributed by atoms with Crippen molar-refractivity contribution in [2.75, 3.05) is 13.7 Å². The molecule has 0 aliphatic rings. The average Bonchev–Trinajstić information content (AvgIpc) is 2.57. The number of hydrogen-bond acceptors (Lipinski definition) is 4. The van der Waals surface area contributed by atoms with Gasteiger partial charge in [0.15, 0.2) is 0 Å². The second kappa shape index (κ2) is 8.02. The SMILES string of the molecule is COCC(=O)NNC(=O)c1cccn(Cc2ccc(F)cc2)c1=O. The number of hydrazine groups is 1. The van der Waals surface area contributed by atoms with Gasteiger partial charge in [0.1, 0.15) is 18.0 Å². The van der Waals surface area contributed by atoms with Gasteiger partial charge in [0.05, 0.1) is 6.54 Å². The van der Waals surface area contributed by atoms with Gasteiger partial charge in [-0.25, -0.2) is 4.39 Å². The lowest BCUT2D eigenvalue weighted by molar-refractivity contribution is -0.125. The molecule has 24 heavy (non-hydrogen) atoms. The molecule has 0 aliphatic carbocycles. The minimum absolute atomic E-state index is 0.127. The van der Waals surface area contributed by atoms with Gasteiger partial charge in [-0.05, 0) is 29.8 Å². The second-order valence-corrected chi connectivity index (χ2v) is 4.92. The Bertz CT molecular complexity index is 787. The fourth-order valence-corrected chi connectivity index (χ4v) is 1.98. The fourth-order valence-electron chi connectivity index (χ4n) is 1.98. The Balaban J connectivity index is 2.12. The molecule has 0 unspecified atom stereocenters. The van der Waals surface area contributed by atoms with Crippen LogP contribution in [0, 0.1) is 5.82 Å². The number of amides is 2. The molecule has 1 aromatic carbocycles. The monoisotopic (exact) mass is 333 g/mol. The number of nitrogens with one attached hydrogen (secondary N) is 2. The average molecular weight is 333 g/mol. The molecule has 1 heterocycles. The van der Waals surface area contributed by atoms with Gasteiger partial charge in [0.2, 0.25) is 0 Å². The molecule has 7 nitrogen and oxygen atoms in total. The van der Waals surface area contributed by atoms with E-state index in [4.69, 9.17) is 0 Å². The highest BCUT2D eigenvalue weighted by Crippen LogP contribution is 2.04. The molecule has 2 N–H and O–H groups in total. The van der Waals surface area contributed by atoms with Crippen molar-refractivity contribution in [3.05, 3.63) is 69.9 Å². The largest absolute Gasteiger partial charge is 0.375 e. The first-order valence-corrected chi connectivity index (χ1v) is 7.03. The zero-order valence-electron chi connectivity index (χ0n) is 12.9. The first-order valence-electron chi connectivity index (χ1n) is 7.03. The summed E-state index contributed by atoms with van der Waals surface area (Å²) in [5.41, 5.74) is 4.33. The summed E-state index contributed by atoms with van der Waals surface area (Å²) >= 11 is 0. The van der Waals surface area contributed by atoms with Crippen LogP contribution in [-0.2, 0) is 16.1 Å². The van der Waals surface area contributed by atoms with E-state index in [0.717, 1.165) is 0 Å². The highest BCUT2D eigenvalue weighted by Gasteiger charge is 2.13. The van der Waals surface area contributed by atoms with Crippen LogP contribution in [-0.4, -0.2) is 30.1 Å². The molecule has 126 valence electrons. The zero-order chi connectivity index (χ0) is 17.5. The molecule has 0 spiro atoms. The van der Waals surface area contributed by atoms with E-state index in [2.05, 4.69) is 15.6 Å². The third-order valence-electron chi connectivity index (χ3n) is 3.12. The predicted molar refractivity (Wildman–Crippen MR) is 83.7 cm³/mol. The third-order valence-corrected chi connectivity index (χ3v) is 3.12. The maximum Gasteiger partial charge on any atom is 0.275 e. The summed E-state index contributed by atoms with van der Waals surface area (Å²) < 4.78 is 18.8. The standard InChI is InChI=1S/C16H16FN3O4/c1-24-10-14(21)18-19-15(22)13-3-2-8-20(16(13)23)9-11-4-6-12(17)7-5-11/h2-8H,9-10H2,1H3,(H,18,21)(H,19,22). The minimum atomic E-state index is -0.738. The van der Waals surface area contributed by atoms with Crippen LogP contribution in [0.4, 0.5) is 4.39 Å². The summed E-state index contributed by atoms with van der Waals surface area (Å²) in [6.07, 6.45) is 1.52. The maximum atomic E-state index is 12.9. The number of nitrogens with zero attached hydrogens (tertiary/aromatic N) is 1. The first kappa shape index (κ1) is 17.4. The van der Waals surface area contributed by atoms with E-state index in [9.17, 15) is 18.8 Å². The Hall–Kier alpha value is -3.00. The number of methoxy groups -OCH3 is 1. The van der Waals surface area contributed by atoms with Gasteiger partial charge in [0.25, 0.3) is 17.4 Å². The molecule has 0 saturated heterocycles. The van der Waals surface area contributed by atoms with Crippen molar-refractivity contribution in [2.45, 2.75) is 6.54 Å². The summed E-state index contributed by atoms with van der Waals surface area (Å²) in [6, 6.07) is 8.58. The first-order chi connectivity index (χ1) is 11.5. The number of ether oxygens (including phenoxy) is 1. The normalized spacial score (nSPS) is 10.2. The van der Waals surface area contributed by atoms with Gasteiger partial charge in [-0.1, -0.05) is 12.1 Å². The Morgan fingerprint density at radius 2 is 1.88 bits per heavy atom. The van der Waals surface area contributed by atoms with Crippen LogP contribution in [0.15, 0.2) is 47.4 Å². The van der Waals surface area contributed by atoms with Crippen molar-refractivity contribution >= 4 is 11.8 Å². The van der Waals surface area contributed by atoms with Crippen LogP contribution in [0.1, 0.15) is 15.9 Å². The number of carbonyl (C=O) groups excluding carboxylic acids is 2. The number of benzene rings is 1. The van der Waals surface area contributed by atoms with Crippen LogP contribution < -0.4 is 16.4 Å². The van der Waals surface area contributed by atoms with Gasteiger partial charge in [-0.15, -0.1) is 0 Å². The molecule has 0 saturated carbocycles. The van der Waals surface area contributed by atoms with Crippen molar-refractivity contribution < 1.29 is 18.7 Å². The molecule has 2 rings (SSSR count). The topological polar surface area (TPSA) is 89.4 Å². The summed E-state index contributed by atoms with van der Waals surface area (Å²) in [5.74, 6) is -1.66. The van der Waals surface area contributed by atoms with E-state index in [-0.39, 0.29) is 24.5 Å². The van der Waals surface area contributed by atoms with Gasteiger partial charge in [0, 0.05) is 13.3 Å². The summed E-state index contributed by atoms with van der Waals surface area (Å²) in [7, 11) is 1.34. The van der Waals surface area contributed by atoms with E-state index >= 15 is 0 Å². The molecule has 8 heteroatoms. The highest BCUT2D eigenvalue weighted by atomic mass is 19.1. The Morgan fingerprint density at radius 1 is 1.17 bits per heavy atom. The molecular weight excluding hydrogens is 317 g/mol. The van der Waals surface area contributed by atoms with Gasteiger partial charge in [-0.2, -0.15) is 0 Å². The predicted octanol–water partition coefficient (Wildman–Crippen LogP) is 0.443. The molecule has 1 aromatic heterocycles. The lowest BCUT2D eigenvalue weighted by Crippen LogP contribution is -2.45. The maximum absolute atomic E-state index is 12.9. The number of rotatable bonds is 5. The number of pyridine rings is 1. The minimum Gasteiger partial charge on any atom is -0.375 e. The Labute approximate surface area is 137 Å². The third kappa shape index (κ3) is 4.50. The lowest BCUT2D eigenvalue weighted by atomic mass is 10.2. The van der Waals surface area contributed by atoms with Gasteiger partial charge >= 0.3 is 0 Å². The van der Waals surface area contributed by atoms with Crippen LogP contribution >= 0.6 is 0 Å². The molecule has 0 bridgehead atoms. The summed E-state index contributed by atoms with van der Waals surface area (Å²) in [4.78, 5) is 35.6. The Morgan fingerprint density at radius 3 is 2.54 bits per heavy atom. The van der Waals surface area contributed by atoms with Crippen molar-refractivity contribution in [3.63, 3.8) is 0 Å². The van der Waals surface area contributed by atoms with Crippen LogP contribution in [0.3, 0.4) is 0 Å². The smallest absolute Gasteiger partial charge is 0.275 e. The number of carbonyl (C=O) groups is 2. The molecule has 2 aromatic rings. The van der Waals surface area contributed by atoms with Crippen molar-refractivity contribution in [1.82, 2.24) is 15.4 Å². The Kier molecular flexibility index (Phi) is 5.80. The fraction of sp³-hybridized carbons (Fsp3) is 0.188. The van der Waals surface area contributed by atoms with E-state index in [1.807, 2.05) is 0 Å². The van der Waals surface area contributed by atoms with Crippen LogP contribution in [0.25, 0.3) is 0 Å². The molecule has 0 radical (unpaired) electrons.